The Bertz CT molecular complexity index is 394. The number of hydrogen-bond donors (Lipinski definition) is 1. The molecule has 0 saturated heterocycles. The molecule has 1 aromatic carbocycles. The van der Waals surface area contributed by atoms with Crippen molar-refractivity contribution in [2.75, 3.05) is 6.54 Å². The van der Waals surface area contributed by atoms with Gasteiger partial charge in [-0.1, -0.05) is 37.3 Å². The van der Waals surface area contributed by atoms with Crippen LogP contribution in [0.5, 0.6) is 0 Å². The second kappa shape index (κ2) is 5.52. The lowest BCUT2D eigenvalue weighted by Gasteiger charge is -2.15. The largest absolute Gasteiger partial charge is 0.468 e. The molecule has 0 radical (unpaired) electrons. The van der Waals surface area contributed by atoms with Crippen LogP contribution in [0, 0.1) is 0 Å². The van der Waals surface area contributed by atoms with Crippen molar-refractivity contribution in [3.8, 4) is 0 Å². The molecule has 1 N–H and O–H groups in total. The van der Waals surface area contributed by atoms with Crippen molar-refractivity contribution < 1.29 is 4.42 Å². The zero-order valence-corrected chi connectivity index (χ0v) is 9.52. The number of furan rings is 1. The van der Waals surface area contributed by atoms with Crippen molar-refractivity contribution >= 4 is 0 Å². The minimum absolute atomic E-state index is 0.266. The summed E-state index contributed by atoms with van der Waals surface area (Å²) in [5.74, 6) is 1.01. The molecule has 1 atom stereocenters. The van der Waals surface area contributed by atoms with E-state index in [0.29, 0.717) is 0 Å². The topological polar surface area (TPSA) is 25.2 Å². The summed E-state index contributed by atoms with van der Waals surface area (Å²) >= 11 is 0. The van der Waals surface area contributed by atoms with Gasteiger partial charge in [0, 0.05) is 0 Å². The monoisotopic (exact) mass is 215 g/mol. The first-order valence-corrected chi connectivity index (χ1v) is 5.71. The quantitative estimate of drug-likeness (QED) is 0.828. The van der Waals surface area contributed by atoms with Crippen LogP contribution in [-0.2, 0) is 6.42 Å². The maximum absolute atomic E-state index is 5.46. The molecule has 2 aromatic rings. The zero-order chi connectivity index (χ0) is 11.2. The summed E-state index contributed by atoms with van der Waals surface area (Å²) in [6.07, 6.45) is 2.69. The molecule has 0 fully saturated rings. The molecular formula is C14H17NO. The Labute approximate surface area is 96.3 Å². The van der Waals surface area contributed by atoms with Crippen molar-refractivity contribution in [1.82, 2.24) is 5.32 Å². The van der Waals surface area contributed by atoms with Gasteiger partial charge in [-0.15, -0.1) is 0 Å². The number of hydrogen-bond acceptors (Lipinski definition) is 2. The van der Waals surface area contributed by atoms with Crippen molar-refractivity contribution in [2.24, 2.45) is 0 Å². The maximum Gasteiger partial charge on any atom is 0.121 e. The third kappa shape index (κ3) is 2.74. The summed E-state index contributed by atoms with van der Waals surface area (Å²) in [6, 6.07) is 14.7. The van der Waals surface area contributed by atoms with Crippen LogP contribution in [0.1, 0.15) is 24.3 Å². The predicted octanol–water partition coefficient (Wildman–Crippen LogP) is 3.17. The maximum atomic E-state index is 5.46. The van der Waals surface area contributed by atoms with E-state index in [1.165, 1.54) is 5.56 Å². The van der Waals surface area contributed by atoms with Gasteiger partial charge in [-0.2, -0.15) is 0 Å². The fourth-order valence-corrected chi connectivity index (χ4v) is 1.86. The Morgan fingerprint density at radius 3 is 2.56 bits per heavy atom. The van der Waals surface area contributed by atoms with Gasteiger partial charge in [0.15, 0.2) is 0 Å². The fraction of sp³-hybridized carbons (Fsp3) is 0.286. The molecule has 2 nitrogen and oxygen atoms in total. The molecular weight excluding hydrogens is 198 g/mol. The van der Waals surface area contributed by atoms with E-state index in [4.69, 9.17) is 4.42 Å². The van der Waals surface area contributed by atoms with Gasteiger partial charge in [0.25, 0.3) is 0 Å². The molecule has 0 aliphatic rings. The van der Waals surface area contributed by atoms with Crippen molar-refractivity contribution in [3.05, 3.63) is 60.1 Å². The highest BCUT2D eigenvalue weighted by atomic mass is 16.3. The lowest BCUT2D eigenvalue weighted by Crippen LogP contribution is -2.22. The summed E-state index contributed by atoms with van der Waals surface area (Å²) in [7, 11) is 0. The van der Waals surface area contributed by atoms with Crippen LogP contribution < -0.4 is 5.32 Å². The van der Waals surface area contributed by atoms with Gasteiger partial charge < -0.3 is 9.73 Å². The highest BCUT2D eigenvalue weighted by molar-refractivity contribution is 5.18. The van der Waals surface area contributed by atoms with Gasteiger partial charge >= 0.3 is 0 Å². The molecule has 2 rings (SSSR count). The zero-order valence-electron chi connectivity index (χ0n) is 9.52. The number of benzene rings is 1. The Hall–Kier alpha value is -1.54. The van der Waals surface area contributed by atoms with Gasteiger partial charge in [0.2, 0.25) is 0 Å². The second-order valence-electron chi connectivity index (χ2n) is 3.82. The summed E-state index contributed by atoms with van der Waals surface area (Å²) in [4.78, 5) is 0. The van der Waals surface area contributed by atoms with E-state index < -0.39 is 0 Å². The van der Waals surface area contributed by atoms with E-state index in [1.807, 2.05) is 18.2 Å². The molecule has 84 valence electrons. The van der Waals surface area contributed by atoms with Crippen molar-refractivity contribution in [1.29, 1.82) is 0 Å². The normalized spacial score (nSPS) is 12.6. The SMILES string of the molecule is CCNC(Cc1ccccc1)c1ccco1. The molecule has 16 heavy (non-hydrogen) atoms. The van der Waals surface area contributed by atoms with Gasteiger partial charge in [-0.05, 0) is 30.7 Å². The van der Waals surface area contributed by atoms with Crippen LogP contribution in [-0.4, -0.2) is 6.54 Å². The smallest absolute Gasteiger partial charge is 0.121 e. The highest BCUT2D eigenvalue weighted by Gasteiger charge is 2.13. The molecule has 0 aliphatic heterocycles. The molecule has 1 aromatic heterocycles. The summed E-state index contributed by atoms with van der Waals surface area (Å²) < 4.78 is 5.46. The van der Waals surface area contributed by atoms with Crippen LogP contribution in [0.3, 0.4) is 0 Å². The molecule has 0 saturated carbocycles. The predicted molar refractivity (Wildman–Crippen MR) is 65.3 cm³/mol. The summed E-state index contributed by atoms with van der Waals surface area (Å²) in [5, 5.41) is 3.44. The first-order chi connectivity index (χ1) is 7.90. The molecule has 0 spiro atoms. The first kappa shape index (κ1) is 11.0. The Balaban J connectivity index is 2.09. The molecule has 0 aliphatic carbocycles. The number of nitrogens with one attached hydrogen (secondary N) is 1. The number of likely N-dealkylation sites (N-methyl/N-ethyl adjacent to an activating group) is 1. The fourth-order valence-electron chi connectivity index (χ4n) is 1.86. The first-order valence-electron chi connectivity index (χ1n) is 5.71. The Kier molecular flexibility index (Phi) is 3.78. The van der Waals surface area contributed by atoms with Crippen LogP contribution >= 0.6 is 0 Å². The van der Waals surface area contributed by atoms with Crippen LogP contribution in [0.2, 0.25) is 0 Å². The van der Waals surface area contributed by atoms with Crippen molar-refractivity contribution in [2.45, 2.75) is 19.4 Å². The minimum atomic E-state index is 0.266. The van der Waals surface area contributed by atoms with Gasteiger partial charge in [-0.25, -0.2) is 0 Å². The van der Waals surface area contributed by atoms with Crippen LogP contribution in [0.25, 0.3) is 0 Å². The van der Waals surface area contributed by atoms with Gasteiger partial charge in [0.1, 0.15) is 5.76 Å². The third-order valence-corrected chi connectivity index (χ3v) is 2.62. The third-order valence-electron chi connectivity index (χ3n) is 2.62. The van der Waals surface area contributed by atoms with Crippen LogP contribution in [0.4, 0.5) is 0 Å². The molecule has 1 heterocycles. The minimum Gasteiger partial charge on any atom is -0.468 e. The molecule has 0 amide bonds. The Morgan fingerprint density at radius 2 is 1.94 bits per heavy atom. The van der Waals surface area contributed by atoms with E-state index in [2.05, 4.69) is 36.5 Å². The average Bonchev–Trinajstić information content (AvgIpc) is 2.83. The second-order valence-corrected chi connectivity index (χ2v) is 3.82. The van der Waals surface area contributed by atoms with Crippen molar-refractivity contribution in [3.63, 3.8) is 0 Å². The standard InChI is InChI=1S/C14H17NO/c1-2-15-13(14-9-6-10-16-14)11-12-7-4-3-5-8-12/h3-10,13,15H,2,11H2,1H3. The summed E-state index contributed by atoms with van der Waals surface area (Å²) in [6.45, 7) is 3.05. The average molecular weight is 215 g/mol. The Morgan fingerprint density at radius 1 is 1.12 bits per heavy atom. The van der Waals surface area contributed by atoms with E-state index in [-0.39, 0.29) is 6.04 Å². The van der Waals surface area contributed by atoms with E-state index in [9.17, 15) is 0 Å². The van der Waals surface area contributed by atoms with E-state index >= 15 is 0 Å². The van der Waals surface area contributed by atoms with E-state index in [1.54, 1.807) is 6.26 Å². The number of rotatable bonds is 5. The molecule has 0 bridgehead atoms. The van der Waals surface area contributed by atoms with Gasteiger partial charge in [-0.3, -0.25) is 0 Å². The van der Waals surface area contributed by atoms with Crippen LogP contribution in [0.15, 0.2) is 53.1 Å². The molecule has 1 unspecified atom stereocenters. The van der Waals surface area contributed by atoms with Gasteiger partial charge in [0.05, 0.1) is 12.3 Å². The van der Waals surface area contributed by atoms with E-state index in [0.717, 1.165) is 18.7 Å². The highest BCUT2D eigenvalue weighted by Crippen LogP contribution is 2.18. The lowest BCUT2D eigenvalue weighted by molar-refractivity contribution is 0.416. The lowest BCUT2D eigenvalue weighted by atomic mass is 10.0. The summed E-state index contributed by atoms with van der Waals surface area (Å²) in [5.41, 5.74) is 1.32. The molecule has 2 heteroatoms.